The number of hydrogen-bond donors (Lipinski definition) is 11. The van der Waals surface area contributed by atoms with Gasteiger partial charge in [0.25, 0.3) is 0 Å². The molecule has 0 aromatic carbocycles. The van der Waals surface area contributed by atoms with E-state index in [0.717, 1.165) is 44.9 Å². The lowest BCUT2D eigenvalue weighted by Gasteiger charge is -2.61. The third-order valence-electron chi connectivity index (χ3n) is 18.3. The Labute approximate surface area is 381 Å². The molecule has 0 bridgehead atoms. The first-order valence-electron chi connectivity index (χ1n) is 24.2. The van der Waals surface area contributed by atoms with Gasteiger partial charge in [0.05, 0.1) is 38.6 Å². The third-order valence-corrected chi connectivity index (χ3v) is 18.3. The SMILES string of the molecule is CO[C@@]1(CC[C@H](C)CO[C@@H]2O[C@H](CO)[C@@H](O)[C@H](O)[C@H]2O)O[C@@H]2C[C@@H]3[C@@H]4CC[C@@H]5C[C@@H](O[C@@H]6O[C@H](CO)[C@H](O)[C@H](O)[C@H]6O[C@@H]6O[C@H](CO)[C@@H](O)[C@H](O)[C@H]6O)CC[C@]5(C)[C@H]4CC[C@]3(C)[C@@H]2[C@@H]1C. The summed E-state index contributed by atoms with van der Waals surface area (Å²) in [5, 5.41) is 113. The van der Waals surface area contributed by atoms with Gasteiger partial charge in [-0.15, -0.1) is 0 Å². The molecule has 0 radical (unpaired) electrons. The fraction of sp³-hybridized carbons (Fsp3) is 1.00. The Morgan fingerprint density at radius 2 is 1.22 bits per heavy atom. The number of rotatable bonds is 14. The summed E-state index contributed by atoms with van der Waals surface area (Å²) in [4.78, 5) is 0. The highest BCUT2D eigenvalue weighted by Gasteiger charge is 2.69. The Morgan fingerprint density at radius 3 is 1.85 bits per heavy atom. The van der Waals surface area contributed by atoms with Crippen molar-refractivity contribution in [2.75, 3.05) is 33.5 Å². The molecule has 8 rings (SSSR count). The van der Waals surface area contributed by atoms with Crippen molar-refractivity contribution in [1.29, 1.82) is 0 Å². The molecule has 0 unspecified atom stereocenters. The van der Waals surface area contributed by atoms with Crippen LogP contribution in [0.15, 0.2) is 0 Å². The van der Waals surface area contributed by atoms with Crippen LogP contribution in [0.2, 0.25) is 0 Å². The van der Waals surface area contributed by atoms with E-state index in [1.165, 1.54) is 0 Å². The first-order chi connectivity index (χ1) is 30.9. The number of aliphatic hydroxyl groups excluding tert-OH is 11. The van der Waals surface area contributed by atoms with Gasteiger partial charge >= 0.3 is 0 Å². The highest BCUT2D eigenvalue weighted by molar-refractivity contribution is 5.15. The molecule has 19 heteroatoms. The lowest BCUT2D eigenvalue weighted by Crippen LogP contribution is -2.65. The average Bonchev–Trinajstić information content (AvgIpc) is 3.76. The molecule has 65 heavy (non-hydrogen) atoms. The van der Waals surface area contributed by atoms with E-state index < -0.39 is 118 Å². The molecular weight excluding hydrogens is 856 g/mol. The quantitative estimate of drug-likeness (QED) is 0.0920. The average molecular weight is 935 g/mol. The second-order valence-corrected chi connectivity index (χ2v) is 21.6. The summed E-state index contributed by atoms with van der Waals surface area (Å²) >= 11 is 0. The first-order valence-corrected chi connectivity index (χ1v) is 24.2. The summed E-state index contributed by atoms with van der Waals surface area (Å²) in [6.45, 7) is 7.69. The minimum atomic E-state index is -1.74. The van der Waals surface area contributed by atoms with Gasteiger partial charge in [-0.25, -0.2) is 0 Å². The summed E-state index contributed by atoms with van der Waals surface area (Å²) in [6, 6.07) is 0. The van der Waals surface area contributed by atoms with Crippen LogP contribution in [-0.2, 0) is 37.9 Å². The van der Waals surface area contributed by atoms with Gasteiger partial charge in [0.2, 0.25) is 0 Å². The molecule has 8 aliphatic rings. The smallest absolute Gasteiger partial charge is 0.187 e. The van der Waals surface area contributed by atoms with Gasteiger partial charge in [-0.2, -0.15) is 0 Å². The van der Waals surface area contributed by atoms with Crippen LogP contribution in [0.1, 0.15) is 91.9 Å². The molecule has 4 aliphatic heterocycles. The predicted molar refractivity (Wildman–Crippen MR) is 224 cm³/mol. The van der Waals surface area contributed by atoms with Gasteiger partial charge in [-0.3, -0.25) is 0 Å². The van der Waals surface area contributed by atoms with E-state index >= 15 is 0 Å². The fourth-order valence-electron chi connectivity index (χ4n) is 14.5. The van der Waals surface area contributed by atoms with Crippen molar-refractivity contribution in [2.45, 2.75) is 202 Å². The van der Waals surface area contributed by atoms with Crippen LogP contribution in [0.5, 0.6) is 0 Å². The molecule has 4 heterocycles. The third kappa shape index (κ3) is 8.90. The monoisotopic (exact) mass is 935 g/mol. The summed E-state index contributed by atoms with van der Waals surface area (Å²) < 4.78 is 48.8. The van der Waals surface area contributed by atoms with Crippen LogP contribution in [0.4, 0.5) is 0 Å². The highest BCUT2D eigenvalue weighted by atomic mass is 16.8. The second-order valence-electron chi connectivity index (χ2n) is 21.6. The van der Waals surface area contributed by atoms with Gasteiger partial charge < -0.3 is 94.1 Å². The first kappa shape index (κ1) is 50.6. The Kier molecular flexibility index (Phi) is 15.4. The number of fused-ring (bicyclic) bond motifs is 7. The van der Waals surface area contributed by atoms with E-state index in [1.54, 1.807) is 7.11 Å². The van der Waals surface area contributed by atoms with Crippen LogP contribution in [0.25, 0.3) is 0 Å². The molecule has 0 amide bonds. The van der Waals surface area contributed by atoms with Crippen molar-refractivity contribution in [3.8, 4) is 0 Å². The van der Waals surface area contributed by atoms with E-state index in [4.69, 9.17) is 37.9 Å². The Morgan fingerprint density at radius 1 is 0.631 bits per heavy atom. The predicted octanol–water partition coefficient (Wildman–Crippen LogP) is -1.13. The maximum Gasteiger partial charge on any atom is 0.187 e. The molecule has 27 atom stereocenters. The molecule has 19 nitrogen and oxygen atoms in total. The molecule has 4 saturated heterocycles. The van der Waals surface area contributed by atoms with Gasteiger partial charge in [0.15, 0.2) is 24.7 Å². The number of aliphatic hydroxyl groups is 11. The van der Waals surface area contributed by atoms with Crippen molar-refractivity contribution >= 4 is 0 Å². The standard InChI is InChI=1S/C46H78O19/c1-20(19-59-41-38(56)35(53)32(50)28(16-47)61-41)8-13-46(58-5)21(2)31-27(65-46)15-26-24-7-6-22-14-23(9-11-44(22,3)25(24)10-12-45(26,31)4)60-43-40(37(55)34(52)30(18-49)63-43)64-42-39(57)36(54)33(51)29(17-48)62-42/h20-43,47-57H,6-19H2,1-5H3/t20-,21-,22+,23-,24+,25-,26+,27+,28+,29+,30+,31+,32+,33+,34-,35-,36-,37-,38+,39+,40+,41+,42-,43+,44-,45-,46-/m0/s1. The zero-order chi connectivity index (χ0) is 46.9. The lowest BCUT2D eigenvalue weighted by molar-refractivity contribution is -0.373. The Hall–Kier alpha value is -0.760. The maximum atomic E-state index is 11.2. The minimum absolute atomic E-state index is 0.0271. The largest absolute Gasteiger partial charge is 0.394 e. The van der Waals surface area contributed by atoms with E-state index in [9.17, 15) is 56.2 Å². The topological polar surface area (TPSA) is 296 Å². The van der Waals surface area contributed by atoms with Crippen molar-refractivity contribution in [1.82, 2.24) is 0 Å². The molecule has 4 aliphatic carbocycles. The maximum absolute atomic E-state index is 11.2. The molecule has 0 aromatic heterocycles. The Balaban J connectivity index is 0.880. The zero-order valence-electron chi connectivity index (χ0n) is 38.4. The van der Waals surface area contributed by atoms with E-state index in [-0.39, 0.29) is 41.5 Å². The van der Waals surface area contributed by atoms with Gasteiger partial charge in [-0.05, 0) is 104 Å². The molecule has 376 valence electrons. The van der Waals surface area contributed by atoms with Crippen LogP contribution < -0.4 is 0 Å². The molecule has 0 aromatic rings. The van der Waals surface area contributed by atoms with Crippen molar-refractivity contribution in [3.05, 3.63) is 0 Å². The van der Waals surface area contributed by atoms with Crippen molar-refractivity contribution in [2.24, 2.45) is 52.3 Å². The Bertz CT molecular complexity index is 1580. The van der Waals surface area contributed by atoms with E-state index in [2.05, 4.69) is 20.8 Å². The molecule has 11 N–H and O–H groups in total. The van der Waals surface area contributed by atoms with Crippen molar-refractivity contribution in [3.63, 3.8) is 0 Å². The number of methoxy groups -OCH3 is 1. The molecule has 0 spiro atoms. The number of hydrogen-bond acceptors (Lipinski definition) is 19. The second kappa shape index (κ2) is 19.8. The molecule has 8 fully saturated rings. The zero-order valence-corrected chi connectivity index (χ0v) is 38.4. The summed E-state index contributed by atoms with van der Waals surface area (Å²) in [6.07, 6.45) is -12.7. The lowest BCUT2D eigenvalue weighted by atomic mass is 9.44. The normalized spacial score (nSPS) is 54.9. The van der Waals surface area contributed by atoms with Gasteiger partial charge in [0, 0.05) is 19.4 Å². The van der Waals surface area contributed by atoms with Gasteiger partial charge in [0.1, 0.15) is 73.2 Å². The van der Waals surface area contributed by atoms with Crippen LogP contribution in [-0.4, -0.2) is 200 Å². The van der Waals surface area contributed by atoms with Gasteiger partial charge in [-0.1, -0.05) is 27.7 Å². The van der Waals surface area contributed by atoms with Crippen molar-refractivity contribution < 1.29 is 94.1 Å². The van der Waals surface area contributed by atoms with Crippen LogP contribution in [0.3, 0.4) is 0 Å². The highest BCUT2D eigenvalue weighted by Crippen LogP contribution is 2.71. The van der Waals surface area contributed by atoms with Crippen LogP contribution in [0, 0.1) is 52.3 Å². The molecular formula is C46H78O19. The fourth-order valence-corrected chi connectivity index (χ4v) is 14.5. The number of ether oxygens (including phenoxy) is 8. The van der Waals surface area contributed by atoms with E-state index in [0.29, 0.717) is 48.9 Å². The molecule has 4 saturated carbocycles. The van der Waals surface area contributed by atoms with E-state index in [1.807, 2.05) is 6.92 Å². The summed E-state index contributed by atoms with van der Waals surface area (Å²) in [5.41, 5.74) is 0.150. The summed E-state index contributed by atoms with van der Waals surface area (Å²) in [7, 11) is 1.73. The summed E-state index contributed by atoms with van der Waals surface area (Å²) in [5.74, 6) is 1.67. The van der Waals surface area contributed by atoms with Crippen LogP contribution >= 0.6 is 0 Å². The minimum Gasteiger partial charge on any atom is -0.394 e.